The Hall–Kier alpha value is -0.870. The SMILES string of the molecule is CCC1OCCC1C(N)Cc1cnn(CC)c1. The van der Waals surface area contributed by atoms with Gasteiger partial charge < -0.3 is 10.5 Å². The highest BCUT2D eigenvalue weighted by molar-refractivity contribution is 5.07. The highest BCUT2D eigenvalue weighted by Crippen LogP contribution is 2.27. The van der Waals surface area contributed by atoms with Crippen molar-refractivity contribution in [2.45, 2.75) is 51.8 Å². The van der Waals surface area contributed by atoms with Crippen molar-refractivity contribution in [3.63, 3.8) is 0 Å². The molecule has 0 aromatic carbocycles. The van der Waals surface area contributed by atoms with E-state index in [4.69, 9.17) is 10.5 Å². The predicted molar refractivity (Wildman–Crippen MR) is 67.7 cm³/mol. The molecule has 0 amide bonds. The molecule has 96 valence electrons. The first-order valence-corrected chi connectivity index (χ1v) is 6.63. The monoisotopic (exact) mass is 237 g/mol. The van der Waals surface area contributed by atoms with Crippen LogP contribution in [-0.4, -0.2) is 28.5 Å². The van der Waals surface area contributed by atoms with Gasteiger partial charge in [0.2, 0.25) is 0 Å². The third-order valence-electron chi connectivity index (χ3n) is 3.70. The van der Waals surface area contributed by atoms with Crippen molar-refractivity contribution >= 4 is 0 Å². The normalized spacial score (nSPS) is 26.3. The first-order valence-electron chi connectivity index (χ1n) is 6.63. The molecule has 1 aromatic heterocycles. The fraction of sp³-hybridized carbons (Fsp3) is 0.769. The van der Waals surface area contributed by atoms with Crippen LogP contribution in [0.15, 0.2) is 12.4 Å². The molecule has 2 rings (SSSR count). The largest absolute Gasteiger partial charge is 0.378 e. The molecular weight excluding hydrogens is 214 g/mol. The van der Waals surface area contributed by atoms with Crippen LogP contribution >= 0.6 is 0 Å². The van der Waals surface area contributed by atoms with Crippen LogP contribution in [0.25, 0.3) is 0 Å². The molecule has 1 saturated heterocycles. The number of ether oxygens (including phenoxy) is 1. The van der Waals surface area contributed by atoms with Gasteiger partial charge in [0.25, 0.3) is 0 Å². The summed E-state index contributed by atoms with van der Waals surface area (Å²) in [6, 6.07) is 0.192. The summed E-state index contributed by atoms with van der Waals surface area (Å²) >= 11 is 0. The molecule has 0 aliphatic carbocycles. The second kappa shape index (κ2) is 5.65. The van der Waals surface area contributed by atoms with Crippen molar-refractivity contribution in [3.05, 3.63) is 18.0 Å². The molecular formula is C13H23N3O. The number of aryl methyl sites for hydroxylation is 1. The molecule has 4 heteroatoms. The van der Waals surface area contributed by atoms with Crippen molar-refractivity contribution < 1.29 is 4.74 Å². The van der Waals surface area contributed by atoms with Crippen LogP contribution in [0.2, 0.25) is 0 Å². The summed E-state index contributed by atoms with van der Waals surface area (Å²) in [6.07, 6.45) is 7.45. The maximum Gasteiger partial charge on any atom is 0.0616 e. The van der Waals surface area contributed by atoms with E-state index in [-0.39, 0.29) is 6.04 Å². The van der Waals surface area contributed by atoms with Gasteiger partial charge in [0.15, 0.2) is 0 Å². The molecule has 1 aromatic rings. The van der Waals surface area contributed by atoms with E-state index >= 15 is 0 Å². The van der Waals surface area contributed by atoms with Crippen LogP contribution in [0.4, 0.5) is 0 Å². The van der Waals surface area contributed by atoms with Gasteiger partial charge >= 0.3 is 0 Å². The first kappa shape index (κ1) is 12.6. The van der Waals surface area contributed by atoms with Gasteiger partial charge in [-0.25, -0.2) is 0 Å². The molecule has 2 heterocycles. The van der Waals surface area contributed by atoms with E-state index < -0.39 is 0 Å². The maximum atomic E-state index is 6.31. The fourth-order valence-electron chi connectivity index (χ4n) is 2.68. The molecule has 1 aliphatic rings. The van der Waals surface area contributed by atoms with Crippen molar-refractivity contribution in [2.75, 3.05) is 6.61 Å². The molecule has 1 aliphatic heterocycles. The minimum atomic E-state index is 0.192. The standard InChI is InChI=1S/C13H23N3O/c1-3-13-11(5-6-17-13)12(14)7-10-8-15-16(4-2)9-10/h8-9,11-13H,3-7,14H2,1-2H3. The Bertz CT molecular complexity index is 350. The summed E-state index contributed by atoms with van der Waals surface area (Å²) in [5.41, 5.74) is 7.55. The van der Waals surface area contributed by atoms with Gasteiger partial charge in [-0.1, -0.05) is 6.92 Å². The Kier molecular flexibility index (Phi) is 4.18. The quantitative estimate of drug-likeness (QED) is 0.846. The molecule has 3 unspecified atom stereocenters. The zero-order valence-electron chi connectivity index (χ0n) is 10.8. The second-order valence-electron chi connectivity index (χ2n) is 4.84. The summed E-state index contributed by atoms with van der Waals surface area (Å²) in [6.45, 7) is 6.05. The lowest BCUT2D eigenvalue weighted by Crippen LogP contribution is -2.36. The molecule has 0 bridgehead atoms. The molecule has 0 saturated carbocycles. The van der Waals surface area contributed by atoms with Gasteiger partial charge in [-0.15, -0.1) is 0 Å². The number of hydrogen-bond acceptors (Lipinski definition) is 3. The van der Waals surface area contributed by atoms with Crippen LogP contribution in [0.3, 0.4) is 0 Å². The van der Waals surface area contributed by atoms with Gasteiger partial charge in [-0.3, -0.25) is 4.68 Å². The predicted octanol–water partition coefficient (Wildman–Crippen LogP) is 1.59. The number of aromatic nitrogens is 2. The third kappa shape index (κ3) is 2.87. The average molecular weight is 237 g/mol. The summed E-state index contributed by atoms with van der Waals surface area (Å²) < 4.78 is 7.65. The summed E-state index contributed by atoms with van der Waals surface area (Å²) in [5.74, 6) is 0.505. The van der Waals surface area contributed by atoms with Gasteiger partial charge in [-0.2, -0.15) is 5.10 Å². The minimum absolute atomic E-state index is 0.192. The van der Waals surface area contributed by atoms with Crippen molar-refractivity contribution in [3.8, 4) is 0 Å². The molecule has 3 atom stereocenters. The van der Waals surface area contributed by atoms with Gasteiger partial charge in [-0.05, 0) is 31.7 Å². The average Bonchev–Trinajstić information content (AvgIpc) is 2.96. The lowest BCUT2D eigenvalue weighted by Gasteiger charge is -2.23. The van der Waals surface area contributed by atoms with E-state index in [1.807, 2.05) is 10.9 Å². The zero-order chi connectivity index (χ0) is 12.3. The Morgan fingerprint density at radius 1 is 1.59 bits per heavy atom. The van der Waals surface area contributed by atoms with E-state index in [9.17, 15) is 0 Å². The van der Waals surface area contributed by atoms with Gasteiger partial charge in [0.05, 0.1) is 12.3 Å². The maximum absolute atomic E-state index is 6.31. The molecule has 0 spiro atoms. The van der Waals surface area contributed by atoms with Crippen LogP contribution in [0, 0.1) is 5.92 Å². The molecule has 17 heavy (non-hydrogen) atoms. The summed E-state index contributed by atoms with van der Waals surface area (Å²) in [7, 11) is 0. The smallest absolute Gasteiger partial charge is 0.0616 e. The molecule has 4 nitrogen and oxygen atoms in total. The van der Waals surface area contributed by atoms with Crippen LogP contribution in [0.5, 0.6) is 0 Å². The second-order valence-corrected chi connectivity index (χ2v) is 4.84. The minimum Gasteiger partial charge on any atom is -0.378 e. The number of hydrogen-bond donors (Lipinski definition) is 1. The van der Waals surface area contributed by atoms with Crippen molar-refractivity contribution in [1.29, 1.82) is 0 Å². The molecule has 2 N–H and O–H groups in total. The summed E-state index contributed by atoms with van der Waals surface area (Å²) in [5, 5.41) is 4.28. The van der Waals surface area contributed by atoms with Gasteiger partial charge in [0.1, 0.15) is 0 Å². The third-order valence-corrected chi connectivity index (χ3v) is 3.70. The van der Waals surface area contributed by atoms with Crippen LogP contribution in [-0.2, 0) is 17.7 Å². The van der Waals surface area contributed by atoms with Gasteiger partial charge in [0, 0.05) is 31.3 Å². The summed E-state index contributed by atoms with van der Waals surface area (Å²) in [4.78, 5) is 0. The number of nitrogens with two attached hydrogens (primary N) is 1. The lowest BCUT2D eigenvalue weighted by atomic mass is 9.88. The Morgan fingerprint density at radius 2 is 2.41 bits per heavy atom. The van der Waals surface area contributed by atoms with Crippen molar-refractivity contribution in [2.24, 2.45) is 11.7 Å². The Morgan fingerprint density at radius 3 is 3.06 bits per heavy atom. The number of rotatable bonds is 5. The van der Waals surface area contributed by atoms with Crippen LogP contribution < -0.4 is 5.73 Å². The van der Waals surface area contributed by atoms with E-state index in [0.717, 1.165) is 32.4 Å². The van der Waals surface area contributed by atoms with Crippen LogP contribution in [0.1, 0.15) is 32.3 Å². The first-order chi connectivity index (χ1) is 8.24. The molecule has 1 fully saturated rings. The lowest BCUT2D eigenvalue weighted by molar-refractivity contribution is 0.0814. The highest BCUT2D eigenvalue weighted by Gasteiger charge is 2.31. The number of nitrogens with zero attached hydrogens (tertiary/aromatic N) is 2. The fourth-order valence-corrected chi connectivity index (χ4v) is 2.68. The van der Waals surface area contributed by atoms with E-state index in [0.29, 0.717) is 12.0 Å². The topological polar surface area (TPSA) is 53.1 Å². The highest BCUT2D eigenvalue weighted by atomic mass is 16.5. The molecule has 0 radical (unpaired) electrons. The Labute approximate surface area is 103 Å². The van der Waals surface area contributed by atoms with E-state index in [2.05, 4.69) is 25.1 Å². The van der Waals surface area contributed by atoms with E-state index in [1.54, 1.807) is 0 Å². The van der Waals surface area contributed by atoms with E-state index in [1.165, 1.54) is 5.56 Å². The zero-order valence-corrected chi connectivity index (χ0v) is 10.8. The van der Waals surface area contributed by atoms with Crippen molar-refractivity contribution in [1.82, 2.24) is 9.78 Å². The Balaban J connectivity index is 1.93.